The lowest BCUT2D eigenvalue weighted by Crippen LogP contribution is -2.04. The van der Waals surface area contributed by atoms with Gasteiger partial charge in [0.1, 0.15) is 0 Å². The van der Waals surface area contributed by atoms with E-state index in [0.717, 1.165) is 0 Å². The maximum Gasteiger partial charge on any atom is 0.225 e. The monoisotopic (exact) mass is 287 g/mol. The summed E-state index contributed by atoms with van der Waals surface area (Å²) in [6.07, 6.45) is 1.58. The Hall–Kier alpha value is -2.70. The highest BCUT2D eigenvalue weighted by Crippen LogP contribution is 2.32. The molecule has 0 bridgehead atoms. The summed E-state index contributed by atoms with van der Waals surface area (Å²) in [5, 5.41) is 10.4. The highest BCUT2D eigenvalue weighted by atomic mass is 19.1. The Morgan fingerprint density at radius 1 is 1.33 bits per heavy atom. The number of aromatic amines is 1. The van der Waals surface area contributed by atoms with Crippen LogP contribution in [0.1, 0.15) is 6.92 Å². The summed E-state index contributed by atoms with van der Waals surface area (Å²) in [6, 6.07) is 4.94. The molecule has 0 saturated heterocycles. The number of nitrogens with zero attached hydrogens (tertiary/aromatic N) is 3. The van der Waals surface area contributed by atoms with E-state index in [1.807, 2.05) is 6.92 Å². The Labute approximate surface area is 120 Å². The van der Waals surface area contributed by atoms with Crippen molar-refractivity contribution in [2.24, 2.45) is 0 Å². The van der Waals surface area contributed by atoms with Gasteiger partial charge >= 0.3 is 0 Å². The van der Waals surface area contributed by atoms with Gasteiger partial charge in [-0.1, -0.05) is 6.07 Å². The van der Waals surface area contributed by atoms with Crippen LogP contribution in [0, 0.1) is 5.82 Å². The SMILES string of the molecule is CCNc1nc(-c2cccc(OC)c2F)c2cn[nH]c2n1. The van der Waals surface area contributed by atoms with Crippen molar-refractivity contribution in [3.63, 3.8) is 0 Å². The fourth-order valence-electron chi connectivity index (χ4n) is 2.13. The zero-order valence-corrected chi connectivity index (χ0v) is 11.6. The third kappa shape index (κ3) is 2.26. The predicted molar refractivity (Wildman–Crippen MR) is 77.8 cm³/mol. The van der Waals surface area contributed by atoms with Crippen LogP contribution < -0.4 is 10.1 Å². The maximum atomic E-state index is 14.5. The highest BCUT2D eigenvalue weighted by molar-refractivity contribution is 5.91. The molecule has 0 aliphatic carbocycles. The Balaban J connectivity index is 2.26. The first-order chi connectivity index (χ1) is 10.2. The van der Waals surface area contributed by atoms with Gasteiger partial charge in [0.15, 0.2) is 17.2 Å². The molecular formula is C14H14FN5O. The molecule has 2 aromatic heterocycles. The first-order valence-corrected chi connectivity index (χ1v) is 6.52. The minimum atomic E-state index is -0.455. The third-order valence-corrected chi connectivity index (χ3v) is 3.08. The molecule has 0 amide bonds. The number of rotatable bonds is 4. The average molecular weight is 287 g/mol. The summed E-state index contributed by atoms with van der Waals surface area (Å²) in [5.41, 5.74) is 1.38. The Morgan fingerprint density at radius 2 is 2.19 bits per heavy atom. The van der Waals surface area contributed by atoms with Crippen molar-refractivity contribution in [1.29, 1.82) is 0 Å². The number of H-pyrrole nitrogens is 1. The van der Waals surface area contributed by atoms with Crippen molar-refractivity contribution in [3.05, 3.63) is 30.2 Å². The lowest BCUT2D eigenvalue weighted by atomic mass is 10.1. The molecule has 7 heteroatoms. The van der Waals surface area contributed by atoms with Crippen LogP contribution in [0.15, 0.2) is 24.4 Å². The molecule has 2 N–H and O–H groups in total. The summed E-state index contributed by atoms with van der Waals surface area (Å²) < 4.78 is 19.5. The number of hydrogen-bond donors (Lipinski definition) is 2. The van der Waals surface area contributed by atoms with Crippen LogP contribution in [0.4, 0.5) is 10.3 Å². The van der Waals surface area contributed by atoms with Crippen molar-refractivity contribution >= 4 is 17.0 Å². The molecule has 3 rings (SSSR count). The van der Waals surface area contributed by atoms with Crippen LogP contribution in [0.5, 0.6) is 5.75 Å². The minimum absolute atomic E-state index is 0.174. The van der Waals surface area contributed by atoms with Crippen molar-refractivity contribution in [1.82, 2.24) is 20.2 Å². The largest absolute Gasteiger partial charge is 0.494 e. The summed E-state index contributed by atoms with van der Waals surface area (Å²) in [5.74, 6) is 0.142. The van der Waals surface area contributed by atoms with Crippen molar-refractivity contribution in [2.45, 2.75) is 6.92 Å². The fourth-order valence-corrected chi connectivity index (χ4v) is 2.13. The van der Waals surface area contributed by atoms with Crippen molar-refractivity contribution in [3.8, 4) is 17.0 Å². The minimum Gasteiger partial charge on any atom is -0.494 e. The molecule has 108 valence electrons. The predicted octanol–water partition coefficient (Wildman–Crippen LogP) is 2.60. The summed E-state index contributed by atoms with van der Waals surface area (Å²) in [4.78, 5) is 8.68. The maximum absolute atomic E-state index is 14.5. The van der Waals surface area contributed by atoms with Gasteiger partial charge in [-0.25, -0.2) is 9.37 Å². The van der Waals surface area contributed by atoms with E-state index in [1.165, 1.54) is 7.11 Å². The van der Waals surface area contributed by atoms with Gasteiger partial charge in [-0.2, -0.15) is 10.1 Å². The molecule has 0 radical (unpaired) electrons. The molecule has 21 heavy (non-hydrogen) atoms. The van der Waals surface area contributed by atoms with Crippen LogP contribution in [0.2, 0.25) is 0 Å². The molecule has 6 nitrogen and oxygen atoms in total. The van der Waals surface area contributed by atoms with Gasteiger partial charge in [0.2, 0.25) is 5.95 Å². The molecule has 0 aliphatic rings. The van der Waals surface area contributed by atoms with E-state index in [1.54, 1.807) is 24.4 Å². The second-order valence-electron chi connectivity index (χ2n) is 4.38. The second kappa shape index (κ2) is 5.35. The summed E-state index contributed by atoms with van der Waals surface area (Å²) in [7, 11) is 1.43. The number of fused-ring (bicyclic) bond motifs is 1. The molecule has 0 spiro atoms. The number of benzene rings is 1. The number of halogens is 1. The molecule has 0 aliphatic heterocycles. The molecule has 3 aromatic rings. The molecule has 0 fully saturated rings. The summed E-state index contributed by atoms with van der Waals surface area (Å²) >= 11 is 0. The number of anilines is 1. The van der Waals surface area contributed by atoms with Crippen LogP contribution in [0.25, 0.3) is 22.3 Å². The molecular weight excluding hydrogens is 273 g/mol. The van der Waals surface area contributed by atoms with Gasteiger partial charge in [-0.05, 0) is 19.1 Å². The van der Waals surface area contributed by atoms with E-state index in [2.05, 4.69) is 25.5 Å². The molecule has 1 aromatic carbocycles. The number of hydrogen-bond acceptors (Lipinski definition) is 5. The lowest BCUT2D eigenvalue weighted by molar-refractivity contribution is 0.387. The first kappa shape index (κ1) is 13.3. The van der Waals surface area contributed by atoms with E-state index in [4.69, 9.17) is 4.74 Å². The molecule has 0 saturated carbocycles. The molecule has 2 heterocycles. The number of aromatic nitrogens is 4. The van der Waals surface area contributed by atoms with Gasteiger partial charge in [-0.15, -0.1) is 0 Å². The van der Waals surface area contributed by atoms with Gasteiger partial charge in [0.05, 0.1) is 24.4 Å². The van der Waals surface area contributed by atoms with Crippen LogP contribution in [-0.2, 0) is 0 Å². The van der Waals surface area contributed by atoms with Crippen molar-refractivity contribution in [2.75, 3.05) is 19.0 Å². The number of nitrogens with one attached hydrogen (secondary N) is 2. The van der Waals surface area contributed by atoms with E-state index < -0.39 is 5.82 Å². The zero-order valence-electron chi connectivity index (χ0n) is 11.6. The number of methoxy groups -OCH3 is 1. The van der Waals surface area contributed by atoms with Gasteiger partial charge in [0.25, 0.3) is 0 Å². The Bertz CT molecular complexity index is 786. The number of ether oxygens (including phenoxy) is 1. The van der Waals surface area contributed by atoms with Gasteiger partial charge in [0, 0.05) is 12.1 Å². The first-order valence-electron chi connectivity index (χ1n) is 6.52. The van der Waals surface area contributed by atoms with Crippen molar-refractivity contribution < 1.29 is 9.13 Å². The fraction of sp³-hybridized carbons (Fsp3) is 0.214. The lowest BCUT2D eigenvalue weighted by Gasteiger charge is -2.09. The Morgan fingerprint density at radius 3 is 2.95 bits per heavy atom. The topological polar surface area (TPSA) is 75.7 Å². The second-order valence-corrected chi connectivity index (χ2v) is 4.38. The third-order valence-electron chi connectivity index (χ3n) is 3.08. The smallest absolute Gasteiger partial charge is 0.225 e. The van der Waals surface area contributed by atoms with E-state index >= 15 is 0 Å². The molecule has 0 atom stereocenters. The van der Waals surface area contributed by atoms with Gasteiger partial charge in [-0.3, -0.25) is 5.10 Å². The Kier molecular flexibility index (Phi) is 3.39. The normalized spacial score (nSPS) is 10.8. The van der Waals surface area contributed by atoms with Crippen LogP contribution >= 0.6 is 0 Å². The van der Waals surface area contributed by atoms with E-state index in [-0.39, 0.29) is 5.75 Å². The molecule has 0 unspecified atom stereocenters. The zero-order chi connectivity index (χ0) is 14.8. The van der Waals surface area contributed by atoms with E-state index in [0.29, 0.717) is 34.8 Å². The van der Waals surface area contributed by atoms with Crippen LogP contribution in [0.3, 0.4) is 0 Å². The standard InChI is InChI=1S/C14H14FN5O/c1-3-16-14-18-12(9-7-17-20-13(9)19-14)8-5-4-6-10(21-2)11(8)15/h4-7H,3H2,1-2H3,(H2,16,17,18,19,20). The quantitative estimate of drug-likeness (QED) is 0.771. The average Bonchev–Trinajstić information content (AvgIpc) is 2.95. The van der Waals surface area contributed by atoms with Crippen LogP contribution in [-0.4, -0.2) is 33.8 Å². The highest BCUT2D eigenvalue weighted by Gasteiger charge is 2.17. The summed E-state index contributed by atoms with van der Waals surface area (Å²) in [6.45, 7) is 2.60. The van der Waals surface area contributed by atoms with Gasteiger partial charge < -0.3 is 10.1 Å². The van der Waals surface area contributed by atoms with E-state index in [9.17, 15) is 4.39 Å².